The van der Waals surface area contributed by atoms with E-state index in [4.69, 9.17) is 4.74 Å². The Bertz CT molecular complexity index is 1100. The third-order valence-corrected chi connectivity index (χ3v) is 6.77. The minimum atomic E-state index is -1.09. The maximum atomic E-state index is 15.2. The first-order valence-corrected chi connectivity index (χ1v) is 10.5. The van der Waals surface area contributed by atoms with Crippen LogP contribution in [0, 0.1) is 6.92 Å². The molecular weight excluding hydrogens is 399 g/mol. The van der Waals surface area contributed by atoms with Gasteiger partial charge in [0.2, 0.25) is 5.88 Å². The minimum absolute atomic E-state index is 0.0408. The van der Waals surface area contributed by atoms with Crippen LogP contribution in [0.3, 0.4) is 0 Å². The van der Waals surface area contributed by atoms with E-state index in [0.717, 1.165) is 18.5 Å². The Kier molecular flexibility index (Phi) is 4.65. The number of benzene rings is 1. The monoisotopic (exact) mass is 424 g/mol. The topological polar surface area (TPSA) is 89.2 Å². The van der Waals surface area contributed by atoms with Crippen molar-refractivity contribution in [2.45, 2.75) is 57.0 Å². The molecule has 31 heavy (non-hydrogen) atoms. The van der Waals surface area contributed by atoms with E-state index < -0.39 is 17.8 Å². The average molecular weight is 424 g/mol. The van der Waals surface area contributed by atoms with Crippen LogP contribution in [-0.4, -0.2) is 66.1 Å². The summed E-state index contributed by atoms with van der Waals surface area (Å²) in [7, 11) is 2.00. The lowest BCUT2D eigenvalue weighted by Gasteiger charge is -2.45. The Balaban J connectivity index is 1.33. The molecule has 4 heterocycles. The van der Waals surface area contributed by atoms with Crippen molar-refractivity contribution in [1.29, 1.82) is 0 Å². The minimum Gasteiger partial charge on any atom is -0.507 e. The van der Waals surface area contributed by atoms with E-state index >= 15 is 4.39 Å². The van der Waals surface area contributed by atoms with Gasteiger partial charge in [0.05, 0.1) is 28.8 Å². The molecule has 0 spiro atoms. The second-order valence-electron chi connectivity index (χ2n) is 8.69. The van der Waals surface area contributed by atoms with Crippen LogP contribution in [0.5, 0.6) is 11.6 Å². The first kappa shape index (κ1) is 19.9. The summed E-state index contributed by atoms with van der Waals surface area (Å²) >= 11 is 0. The number of aromatic nitrogens is 5. The number of aromatic hydroxyl groups is 1. The molecule has 1 N–H and O–H groups in total. The molecule has 0 amide bonds. The zero-order chi connectivity index (χ0) is 21.8. The zero-order valence-electron chi connectivity index (χ0n) is 17.7. The number of rotatable bonds is 4. The van der Waals surface area contributed by atoms with Gasteiger partial charge < -0.3 is 9.84 Å². The normalized spacial score (nSPS) is 28.1. The van der Waals surface area contributed by atoms with Crippen molar-refractivity contribution < 1.29 is 14.2 Å². The van der Waals surface area contributed by atoms with Crippen LogP contribution in [0.1, 0.15) is 31.9 Å². The molecular formula is C22H25FN6O2. The second-order valence-corrected chi connectivity index (χ2v) is 8.69. The summed E-state index contributed by atoms with van der Waals surface area (Å²) < 4.78 is 21.1. The smallest absolute Gasteiger partial charge is 0.233 e. The molecule has 2 fully saturated rings. The number of piperidine rings is 1. The SMILES string of the molecule is Cc1cnn(-c2ccc(-c3ccc(O[C@@H]4CC5CC[C@@](C)([C@@H]4F)N5C)nn3)c(O)c2)n1. The molecule has 1 unspecified atom stereocenters. The Morgan fingerprint density at radius 2 is 2.06 bits per heavy atom. The third-order valence-electron chi connectivity index (χ3n) is 6.77. The summed E-state index contributed by atoms with van der Waals surface area (Å²) in [6.45, 7) is 3.81. The van der Waals surface area contributed by atoms with Gasteiger partial charge in [-0.15, -0.1) is 10.2 Å². The lowest BCUT2D eigenvalue weighted by atomic mass is 9.87. The van der Waals surface area contributed by atoms with Crippen molar-refractivity contribution >= 4 is 0 Å². The second kappa shape index (κ2) is 7.26. The summed E-state index contributed by atoms with van der Waals surface area (Å²) in [6, 6.07) is 8.82. The maximum absolute atomic E-state index is 15.2. The Hall–Kier alpha value is -3.07. The zero-order valence-corrected chi connectivity index (χ0v) is 17.7. The number of nitrogens with zero attached hydrogens (tertiary/aromatic N) is 6. The number of hydrogen-bond donors (Lipinski definition) is 1. The van der Waals surface area contributed by atoms with Crippen molar-refractivity contribution in [3.05, 3.63) is 42.2 Å². The first-order chi connectivity index (χ1) is 14.8. The highest BCUT2D eigenvalue weighted by atomic mass is 19.1. The average Bonchev–Trinajstić information content (AvgIpc) is 3.28. The molecule has 2 aliphatic heterocycles. The molecule has 162 valence electrons. The van der Waals surface area contributed by atoms with Gasteiger partial charge in [0.1, 0.15) is 11.9 Å². The molecule has 2 bridgehead atoms. The Morgan fingerprint density at radius 1 is 1.23 bits per heavy atom. The predicted molar refractivity (Wildman–Crippen MR) is 112 cm³/mol. The van der Waals surface area contributed by atoms with E-state index in [1.54, 1.807) is 36.5 Å². The highest BCUT2D eigenvalue weighted by molar-refractivity contribution is 5.68. The van der Waals surface area contributed by atoms with Gasteiger partial charge in [-0.2, -0.15) is 15.0 Å². The van der Waals surface area contributed by atoms with Crippen molar-refractivity contribution in [3.63, 3.8) is 0 Å². The Morgan fingerprint density at radius 3 is 2.74 bits per heavy atom. The predicted octanol–water partition coefficient (Wildman–Crippen LogP) is 3.08. The van der Waals surface area contributed by atoms with E-state index in [2.05, 4.69) is 25.3 Å². The highest BCUT2D eigenvalue weighted by Crippen LogP contribution is 2.45. The molecule has 1 aromatic carbocycles. The molecule has 4 atom stereocenters. The number of phenols is 1. The molecule has 2 aliphatic rings. The van der Waals surface area contributed by atoms with Gasteiger partial charge in [-0.1, -0.05) is 0 Å². The first-order valence-electron chi connectivity index (χ1n) is 10.5. The van der Waals surface area contributed by atoms with Crippen LogP contribution in [0.15, 0.2) is 36.5 Å². The number of hydrogen-bond acceptors (Lipinski definition) is 7. The molecule has 5 rings (SSSR count). The molecule has 8 nitrogen and oxygen atoms in total. The van der Waals surface area contributed by atoms with Crippen LogP contribution in [-0.2, 0) is 0 Å². The number of halogens is 1. The van der Waals surface area contributed by atoms with Gasteiger partial charge >= 0.3 is 0 Å². The van der Waals surface area contributed by atoms with Crippen molar-refractivity contribution in [3.8, 4) is 28.6 Å². The van der Waals surface area contributed by atoms with Crippen molar-refractivity contribution in [2.75, 3.05) is 7.05 Å². The van der Waals surface area contributed by atoms with Gasteiger partial charge in [0.25, 0.3) is 0 Å². The molecule has 0 saturated carbocycles. The molecule has 2 saturated heterocycles. The van der Waals surface area contributed by atoms with Crippen LogP contribution in [0.2, 0.25) is 0 Å². The quantitative estimate of drug-likeness (QED) is 0.688. The van der Waals surface area contributed by atoms with Crippen LogP contribution < -0.4 is 4.74 Å². The van der Waals surface area contributed by atoms with Crippen molar-refractivity contribution in [2.24, 2.45) is 0 Å². The van der Waals surface area contributed by atoms with Gasteiger partial charge in [0.15, 0.2) is 6.17 Å². The number of fused-ring (bicyclic) bond motifs is 2. The number of alkyl halides is 1. The van der Waals surface area contributed by atoms with E-state index in [1.807, 2.05) is 20.9 Å². The van der Waals surface area contributed by atoms with E-state index in [-0.39, 0.29) is 11.6 Å². The molecule has 9 heteroatoms. The van der Waals surface area contributed by atoms with Gasteiger partial charge in [-0.25, -0.2) is 4.39 Å². The number of phenolic OH excluding ortho intramolecular Hbond substituents is 1. The lowest BCUT2D eigenvalue weighted by molar-refractivity contribution is -0.0596. The summed E-state index contributed by atoms with van der Waals surface area (Å²) in [5.74, 6) is 0.329. The fraction of sp³-hybridized carbons (Fsp3) is 0.455. The van der Waals surface area contributed by atoms with Gasteiger partial charge in [-0.3, -0.25) is 4.90 Å². The van der Waals surface area contributed by atoms with E-state index in [0.29, 0.717) is 29.4 Å². The Labute approximate surface area is 179 Å². The summed E-state index contributed by atoms with van der Waals surface area (Å²) in [4.78, 5) is 3.60. The maximum Gasteiger partial charge on any atom is 0.233 e. The number of aryl methyl sites for hydroxylation is 1. The fourth-order valence-electron chi connectivity index (χ4n) is 4.76. The van der Waals surface area contributed by atoms with Crippen molar-refractivity contribution in [1.82, 2.24) is 30.1 Å². The fourth-order valence-corrected chi connectivity index (χ4v) is 4.76. The van der Waals surface area contributed by atoms with Gasteiger partial charge in [0, 0.05) is 30.2 Å². The summed E-state index contributed by atoms with van der Waals surface area (Å²) in [6.07, 6.45) is 2.48. The number of ether oxygens (including phenoxy) is 1. The van der Waals surface area contributed by atoms with Crippen LogP contribution in [0.4, 0.5) is 4.39 Å². The molecule has 0 radical (unpaired) electrons. The summed E-state index contributed by atoms with van der Waals surface area (Å²) in [5.41, 5.74) is 1.96. The van der Waals surface area contributed by atoms with Crippen LogP contribution in [0.25, 0.3) is 16.9 Å². The van der Waals surface area contributed by atoms with Gasteiger partial charge in [-0.05, 0) is 51.9 Å². The standard InChI is InChI=1S/C22H25FN6O2/c1-13-12-24-29(27-13)15-4-5-16(18(30)10-15)17-6-7-20(26-25-17)31-19-11-14-8-9-22(2,21(19)23)28(14)3/h4-7,10,12,14,19,21,30H,8-9,11H2,1-3H3/t14?,19-,21-,22+/m1/s1. The largest absolute Gasteiger partial charge is 0.507 e. The summed E-state index contributed by atoms with van der Waals surface area (Å²) in [5, 5.41) is 27.2. The lowest BCUT2D eigenvalue weighted by Crippen LogP contribution is -2.60. The van der Waals surface area contributed by atoms with E-state index in [9.17, 15) is 5.11 Å². The molecule has 2 aromatic heterocycles. The van der Waals surface area contributed by atoms with E-state index in [1.165, 1.54) is 4.80 Å². The van der Waals surface area contributed by atoms with Crippen LogP contribution >= 0.6 is 0 Å². The molecule has 3 aromatic rings. The highest BCUT2D eigenvalue weighted by Gasteiger charge is 2.55. The third kappa shape index (κ3) is 3.33. The molecule has 0 aliphatic carbocycles.